The average Bonchev–Trinajstić information content (AvgIpc) is 3.75. The molecule has 5 heteroatoms. The summed E-state index contributed by atoms with van der Waals surface area (Å²) in [5, 5.41) is 7.09. The molecule has 0 fully saturated rings. The van der Waals surface area contributed by atoms with E-state index in [2.05, 4.69) is 160 Å². The van der Waals surface area contributed by atoms with Gasteiger partial charge in [-0.3, -0.25) is 8.80 Å². The lowest BCUT2D eigenvalue weighted by molar-refractivity contribution is 1.29. The van der Waals surface area contributed by atoms with Crippen LogP contribution in [0.3, 0.4) is 0 Å². The highest BCUT2D eigenvalue weighted by molar-refractivity contribution is 6.15. The molecule has 0 bridgehead atoms. The van der Waals surface area contributed by atoms with Gasteiger partial charge in [0.05, 0.1) is 44.5 Å². The molecular formula is C43H25N5. The molecule has 0 radical (unpaired) electrons. The van der Waals surface area contributed by atoms with E-state index in [9.17, 15) is 0 Å². The van der Waals surface area contributed by atoms with Gasteiger partial charge < -0.3 is 0 Å². The van der Waals surface area contributed by atoms with Crippen molar-refractivity contribution >= 4 is 76.7 Å². The lowest BCUT2D eigenvalue weighted by Gasteiger charge is -2.12. The van der Waals surface area contributed by atoms with E-state index in [1.54, 1.807) is 0 Å². The molecule has 0 aliphatic carbocycles. The van der Waals surface area contributed by atoms with Crippen LogP contribution in [0.15, 0.2) is 152 Å². The van der Waals surface area contributed by atoms with Gasteiger partial charge in [0, 0.05) is 32.7 Å². The molecule has 0 saturated heterocycles. The number of aromatic nitrogens is 5. The zero-order valence-electron chi connectivity index (χ0n) is 25.7. The van der Waals surface area contributed by atoms with Crippen LogP contribution in [0.4, 0.5) is 0 Å². The molecule has 0 N–H and O–H groups in total. The highest BCUT2D eigenvalue weighted by Crippen LogP contribution is 2.37. The molecule has 0 aliphatic rings. The molecule has 0 atom stereocenters. The second kappa shape index (κ2) is 9.47. The van der Waals surface area contributed by atoms with Crippen LogP contribution in [-0.2, 0) is 0 Å². The summed E-state index contributed by atoms with van der Waals surface area (Å²) in [7, 11) is 0. The molecule has 0 amide bonds. The Kier molecular flexibility index (Phi) is 5.05. The maximum atomic E-state index is 5.26. The highest BCUT2D eigenvalue weighted by atomic mass is 15.0. The summed E-state index contributed by atoms with van der Waals surface area (Å²) in [5.41, 5.74) is 12.3. The number of hydrogen-bond donors (Lipinski definition) is 0. The SMILES string of the molecule is c1cc(-c2ccc3c4ccccc4c4nc5ccccc5n4c3c2)nc(-c2ccc3c4ccccc4c4nc5ccccc5n4c3c2)c1. The van der Waals surface area contributed by atoms with Crippen molar-refractivity contribution < 1.29 is 0 Å². The normalized spacial score (nSPS) is 12.2. The molecule has 5 heterocycles. The molecule has 6 aromatic carbocycles. The summed E-state index contributed by atoms with van der Waals surface area (Å²) < 4.78 is 4.60. The Hall–Kier alpha value is -6.59. The number of rotatable bonds is 2. The number of pyridine rings is 3. The van der Waals surface area contributed by atoms with Crippen LogP contribution in [0.1, 0.15) is 0 Å². The van der Waals surface area contributed by atoms with Gasteiger partial charge in [0.2, 0.25) is 0 Å². The third-order valence-corrected chi connectivity index (χ3v) is 9.86. The highest BCUT2D eigenvalue weighted by Gasteiger charge is 2.17. The first-order valence-corrected chi connectivity index (χ1v) is 16.2. The number of hydrogen-bond acceptors (Lipinski definition) is 3. The van der Waals surface area contributed by atoms with Gasteiger partial charge in [-0.15, -0.1) is 0 Å². The van der Waals surface area contributed by atoms with Gasteiger partial charge in [0.15, 0.2) is 0 Å². The topological polar surface area (TPSA) is 47.5 Å². The number of nitrogens with zero attached hydrogens (tertiary/aromatic N) is 5. The standard InChI is InChI=1S/C43H25N5/c1-3-12-32-28(10-1)30-22-20-26(24-40(30)47-38-18-7-5-14-36(38)45-42(32)47)34-16-9-17-35(44-34)27-21-23-31-29-11-2-4-13-33(29)43-46-37-15-6-8-19-39(37)48(43)41(31)25-27/h1-25H. The molecule has 11 aromatic rings. The molecular weight excluding hydrogens is 587 g/mol. The van der Waals surface area contributed by atoms with E-state index in [0.29, 0.717) is 0 Å². The molecule has 0 spiro atoms. The lowest BCUT2D eigenvalue weighted by atomic mass is 10.0. The minimum absolute atomic E-state index is 0.928. The number of para-hydroxylation sites is 4. The summed E-state index contributed by atoms with van der Waals surface area (Å²) >= 11 is 0. The quantitative estimate of drug-likeness (QED) is 0.183. The molecule has 5 nitrogen and oxygen atoms in total. The van der Waals surface area contributed by atoms with Crippen molar-refractivity contribution in [1.29, 1.82) is 0 Å². The molecule has 222 valence electrons. The van der Waals surface area contributed by atoms with E-state index in [-0.39, 0.29) is 0 Å². The predicted octanol–water partition coefficient (Wildman–Crippen LogP) is 10.6. The van der Waals surface area contributed by atoms with Gasteiger partial charge in [-0.25, -0.2) is 15.0 Å². The van der Waals surface area contributed by atoms with Gasteiger partial charge in [0.1, 0.15) is 11.3 Å². The van der Waals surface area contributed by atoms with Gasteiger partial charge in [0.25, 0.3) is 0 Å². The van der Waals surface area contributed by atoms with Crippen molar-refractivity contribution in [3.05, 3.63) is 152 Å². The maximum Gasteiger partial charge on any atom is 0.146 e. The van der Waals surface area contributed by atoms with Crippen LogP contribution in [-0.4, -0.2) is 23.8 Å². The fourth-order valence-electron chi connectivity index (χ4n) is 7.69. The maximum absolute atomic E-state index is 5.26. The zero-order valence-corrected chi connectivity index (χ0v) is 25.7. The van der Waals surface area contributed by atoms with E-state index in [1.807, 2.05) is 0 Å². The Morgan fingerprint density at radius 2 is 0.750 bits per heavy atom. The van der Waals surface area contributed by atoms with Crippen molar-refractivity contribution in [2.75, 3.05) is 0 Å². The Morgan fingerprint density at radius 1 is 0.312 bits per heavy atom. The van der Waals surface area contributed by atoms with Crippen LogP contribution >= 0.6 is 0 Å². The predicted molar refractivity (Wildman–Crippen MR) is 198 cm³/mol. The first-order valence-electron chi connectivity index (χ1n) is 16.2. The van der Waals surface area contributed by atoms with Crippen LogP contribution in [0, 0.1) is 0 Å². The molecule has 0 aliphatic heterocycles. The number of fused-ring (bicyclic) bond motifs is 16. The van der Waals surface area contributed by atoms with Crippen LogP contribution in [0.25, 0.3) is 99.2 Å². The summed E-state index contributed by atoms with van der Waals surface area (Å²) in [4.78, 5) is 15.4. The molecule has 5 aromatic heterocycles. The Labute approximate surface area is 274 Å². The fraction of sp³-hybridized carbons (Fsp3) is 0. The van der Waals surface area contributed by atoms with E-state index >= 15 is 0 Å². The van der Waals surface area contributed by atoms with Gasteiger partial charge in [-0.05, 0) is 59.3 Å². The molecule has 0 unspecified atom stereocenters. The third kappa shape index (κ3) is 3.47. The Bertz CT molecular complexity index is 2920. The van der Waals surface area contributed by atoms with Crippen LogP contribution < -0.4 is 0 Å². The second-order valence-corrected chi connectivity index (χ2v) is 12.5. The summed E-state index contributed by atoms with van der Waals surface area (Å²) in [6.45, 7) is 0. The van der Waals surface area contributed by atoms with E-state index in [1.165, 1.54) is 21.5 Å². The van der Waals surface area contributed by atoms with Crippen molar-refractivity contribution in [3.63, 3.8) is 0 Å². The van der Waals surface area contributed by atoms with Gasteiger partial charge in [-0.1, -0.05) is 103 Å². The Balaban J connectivity index is 1.13. The van der Waals surface area contributed by atoms with Gasteiger partial charge >= 0.3 is 0 Å². The Morgan fingerprint density at radius 3 is 1.25 bits per heavy atom. The van der Waals surface area contributed by atoms with Crippen molar-refractivity contribution in [2.24, 2.45) is 0 Å². The lowest BCUT2D eigenvalue weighted by Crippen LogP contribution is -1.94. The molecule has 48 heavy (non-hydrogen) atoms. The van der Waals surface area contributed by atoms with Crippen LogP contribution in [0.2, 0.25) is 0 Å². The van der Waals surface area contributed by atoms with Gasteiger partial charge in [-0.2, -0.15) is 0 Å². The van der Waals surface area contributed by atoms with E-state index < -0.39 is 0 Å². The molecule has 11 rings (SSSR count). The minimum Gasteiger partial charge on any atom is -0.292 e. The van der Waals surface area contributed by atoms with Crippen molar-refractivity contribution in [1.82, 2.24) is 23.8 Å². The minimum atomic E-state index is 0.928. The zero-order chi connectivity index (χ0) is 31.3. The second-order valence-electron chi connectivity index (χ2n) is 12.5. The smallest absolute Gasteiger partial charge is 0.146 e. The average molecular weight is 612 g/mol. The summed E-state index contributed by atoms with van der Waals surface area (Å²) in [6, 6.07) is 53.6. The van der Waals surface area contributed by atoms with E-state index in [0.717, 1.165) is 77.7 Å². The van der Waals surface area contributed by atoms with E-state index in [4.69, 9.17) is 15.0 Å². The third-order valence-electron chi connectivity index (χ3n) is 9.86. The number of benzene rings is 6. The van der Waals surface area contributed by atoms with Crippen molar-refractivity contribution in [2.45, 2.75) is 0 Å². The first kappa shape index (κ1) is 25.6. The monoisotopic (exact) mass is 611 g/mol. The summed E-state index contributed by atoms with van der Waals surface area (Å²) in [6.07, 6.45) is 0. The van der Waals surface area contributed by atoms with Crippen LogP contribution in [0.5, 0.6) is 0 Å². The first-order chi connectivity index (χ1) is 23.8. The number of imidazole rings is 2. The largest absolute Gasteiger partial charge is 0.292 e. The van der Waals surface area contributed by atoms with Crippen molar-refractivity contribution in [3.8, 4) is 22.5 Å². The molecule has 0 saturated carbocycles. The fourth-order valence-corrected chi connectivity index (χ4v) is 7.69. The summed E-state index contributed by atoms with van der Waals surface area (Å²) in [5.74, 6) is 0.